The standard InChI is InChI=1S/C19H19NO3/c1-13(21)14-6-8-15(9-7-14)19(22)20-11-10-17-16(12-20)4-3-5-18(17)23-2/h3-9H,10-12H2,1-2H3. The number of ketones is 1. The molecule has 0 spiro atoms. The summed E-state index contributed by atoms with van der Waals surface area (Å²) < 4.78 is 5.39. The van der Waals surface area contributed by atoms with Gasteiger partial charge in [0.25, 0.3) is 5.91 Å². The maximum Gasteiger partial charge on any atom is 0.254 e. The van der Waals surface area contributed by atoms with Gasteiger partial charge in [-0.25, -0.2) is 0 Å². The Balaban J connectivity index is 1.80. The molecule has 118 valence electrons. The summed E-state index contributed by atoms with van der Waals surface area (Å²) in [6.07, 6.45) is 0.788. The minimum Gasteiger partial charge on any atom is -0.496 e. The van der Waals surface area contributed by atoms with E-state index in [1.165, 1.54) is 12.5 Å². The topological polar surface area (TPSA) is 46.6 Å². The van der Waals surface area contributed by atoms with Gasteiger partial charge in [0.15, 0.2) is 5.78 Å². The highest BCUT2D eigenvalue weighted by Gasteiger charge is 2.23. The van der Waals surface area contributed by atoms with E-state index in [0.29, 0.717) is 24.2 Å². The Morgan fingerprint density at radius 2 is 1.74 bits per heavy atom. The largest absolute Gasteiger partial charge is 0.496 e. The fourth-order valence-electron chi connectivity index (χ4n) is 2.97. The molecule has 2 aromatic carbocycles. The van der Waals surface area contributed by atoms with Crippen LogP contribution in [0.4, 0.5) is 0 Å². The van der Waals surface area contributed by atoms with E-state index in [0.717, 1.165) is 17.7 Å². The van der Waals surface area contributed by atoms with Crippen LogP contribution in [0.15, 0.2) is 42.5 Å². The van der Waals surface area contributed by atoms with E-state index in [4.69, 9.17) is 4.74 Å². The van der Waals surface area contributed by atoms with E-state index >= 15 is 0 Å². The molecule has 0 aliphatic carbocycles. The number of methoxy groups -OCH3 is 1. The van der Waals surface area contributed by atoms with Crippen LogP contribution in [-0.2, 0) is 13.0 Å². The van der Waals surface area contributed by atoms with Crippen LogP contribution in [0, 0.1) is 0 Å². The molecule has 0 radical (unpaired) electrons. The van der Waals surface area contributed by atoms with Crippen LogP contribution in [0.3, 0.4) is 0 Å². The van der Waals surface area contributed by atoms with Crippen LogP contribution >= 0.6 is 0 Å². The minimum atomic E-state index is -0.00595. The molecule has 3 rings (SSSR count). The maximum absolute atomic E-state index is 12.7. The number of rotatable bonds is 3. The average molecular weight is 309 g/mol. The number of hydrogen-bond donors (Lipinski definition) is 0. The van der Waals surface area contributed by atoms with Gasteiger partial charge in [-0.05, 0) is 37.1 Å². The van der Waals surface area contributed by atoms with Crippen LogP contribution in [0.2, 0.25) is 0 Å². The van der Waals surface area contributed by atoms with Gasteiger partial charge in [-0.3, -0.25) is 9.59 Å². The van der Waals surface area contributed by atoms with E-state index in [9.17, 15) is 9.59 Å². The summed E-state index contributed by atoms with van der Waals surface area (Å²) in [5.74, 6) is 0.886. The van der Waals surface area contributed by atoms with E-state index in [2.05, 4.69) is 0 Å². The van der Waals surface area contributed by atoms with Crippen molar-refractivity contribution >= 4 is 11.7 Å². The van der Waals surface area contributed by atoms with Gasteiger partial charge in [0, 0.05) is 29.8 Å². The molecule has 1 heterocycles. The average Bonchev–Trinajstić information content (AvgIpc) is 2.60. The normalized spacial score (nSPS) is 13.4. The maximum atomic E-state index is 12.7. The van der Waals surface area contributed by atoms with Crippen LogP contribution in [0.25, 0.3) is 0 Å². The second kappa shape index (κ2) is 6.24. The Morgan fingerprint density at radius 3 is 2.39 bits per heavy atom. The molecular weight excluding hydrogens is 290 g/mol. The Kier molecular flexibility index (Phi) is 4.15. The monoisotopic (exact) mass is 309 g/mol. The first kappa shape index (κ1) is 15.3. The molecule has 1 amide bonds. The lowest BCUT2D eigenvalue weighted by Crippen LogP contribution is -2.36. The molecule has 1 aliphatic heterocycles. The number of carbonyl (C=O) groups is 2. The van der Waals surface area contributed by atoms with Crippen LogP contribution in [0.1, 0.15) is 38.8 Å². The van der Waals surface area contributed by atoms with Crippen LogP contribution in [0.5, 0.6) is 5.75 Å². The number of Topliss-reactive ketones (excluding diaryl/α,β-unsaturated/α-hetero) is 1. The van der Waals surface area contributed by atoms with Crippen molar-refractivity contribution in [2.24, 2.45) is 0 Å². The third kappa shape index (κ3) is 2.97. The summed E-state index contributed by atoms with van der Waals surface area (Å²) in [7, 11) is 1.67. The highest BCUT2D eigenvalue weighted by atomic mass is 16.5. The number of ether oxygens (including phenoxy) is 1. The molecule has 4 nitrogen and oxygen atoms in total. The number of fused-ring (bicyclic) bond motifs is 1. The fraction of sp³-hybridized carbons (Fsp3) is 0.263. The summed E-state index contributed by atoms with van der Waals surface area (Å²) >= 11 is 0. The quantitative estimate of drug-likeness (QED) is 0.819. The highest BCUT2D eigenvalue weighted by molar-refractivity contribution is 5.97. The van der Waals surface area contributed by atoms with Crippen LogP contribution in [-0.4, -0.2) is 30.2 Å². The van der Waals surface area contributed by atoms with Gasteiger partial charge in [0.05, 0.1) is 7.11 Å². The zero-order valence-electron chi connectivity index (χ0n) is 13.3. The summed E-state index contributed by atoms with van der Waals surface area (Å²) in [6, 6.07) is 12.8. The summed E-state index contributed by atoms with van der Waals surface area (Å²) in [6.45, 7) is 2.77. The third-order valence-electron chi connectivity index (χ3n) is 4.27. The summed E-state index contributed by atoms with van der Waals surface area (Å²) in [5.41, 5.74) is 3.55. The molecule has 0 saturated heterocycles. The molecule has 0 saturated carbocycles. The van der Waals surface area contributed by atoms with Crippen LogP contribution < -0.4 is 4.74 Å². The van der Waals surface area contributed by atoms with Gasteiger partial charge in [0.1, 0.15) is 5.75 Å². The lowest BCUT2D eigenvalue weighted by atomic mass is 9.98. The lowest BCUT2D eigenvalue weighted by Gasteiger charge is -2.30. The molecule has 2 aromatic rings. The second-order valence-corrected chi connectivity index (χ2v) is 5.71. The molecule has 0 atom stereocenters. The Bertz CT molecular complexity index is 750. The Hall–Kier alpha value is -2.62. The zero-order chi connectivity index (χ0) is 16.4. The smallest absolute Gasteiger partial charge is 0.254 e. The molecule has 4 heteroatoms. The van der Waals surface area contributed by atoms with Crippen molar-refractivity contribution in [3.05, 3.63) is 64.7 Å². The molecule has 23 heavy (non-hydrogen) atoms. The number of amides is 1. The van der Waals surface area contributed by atoms with Crippen molar-refractivity contribution in [2.45, 2.75) is 19.9 Å². The SMILES string of the molecule is COc1cccc2c1CCN(C(=O)c1ccc(C(C)=O)cc1)C2. The number of benzene rings is 2. The first-order chi connectivity index (χ1) is 11.1. The third-order valence-corrected chi connectivity index (χ3v) is 4.27. The van der Waals surface area contributed by atoms with Crippen molar-refractivity contribution in [3.63, 3.8) is 0 Å². The second-order valence-electron chi connectivity index (χ2n) is 5.71. The van der Waals surface area contributed by atoms with Crippen molar-refractivity contribution < 1.29 is 14.3 Å². The van der Waals surface area contributed by atoms with Gasteiger partial charge in [-0.2, -0.15) is 0 Å². The molecular formula is C19H19NO3. The molecule has 1 aliphatic rings. The molecule has 0 N–H and O–H groups in total. The van der Waals surface area contributed by atoms with Crippen molar-refractivity contribution in [1.29, 1.82) is 0 Å². The predicted molar refractivity (Wildman–Crippen MR) is 87.9 cm³/mol. The lowest BCUT2D eigenvalue weighted by molar-refractivity contribution is 0.0733. The van der Waals surface area contributed by atoms with Gasteiger partial charge in [-0.15, -0.1) is 0 Å². The van der Waals surface area contributed by atoms with Gasteiger partial charge in [-0.1, -0.05) is 24.3 Å². The predicted octanol–water partition coefficient (Wildman–Crippen LogP) is 3.10. The van der Waals surface area contributed by atoms with Gasteiger partial charge in [0.2, 0.25) is 0 Å². The Labute approximate surface area is 135 Å². The summed E-state index contributed by atoms with van der Waals surface area (Å²) in [5, 5.41) is 0. The number of nitrogens with zero attached hydrogens (tertiary/aromatic N) is 1. The zero-order valence-corrected chi connectivity index (χ0v) is 13.3. The van der Waals surface area contributed by atoms with E-state index in [1.54, 1.807) is 31.4 Å². The minimum absolute atomic E-state index is 0.00277. The molecule has 0 fully saturated rings. The van der Waals surface area contributed by atoms with E-state index in [-0.39, 0.29) is 11.7 Å². The van der Waals surface area contributed by atoms with Crippen molar-refractivity contribution in [2.75, 3.05) is 13.7 Å². The van der Waals surface area contributed by atoms with E-state index in [1.807, 2.05) is 23.1 Å². The van der Waals surface area contributed by atoms with Gasteiger partial charge >= 0.3 is 0 Å². The molecule has 0 unspecified atom stereocenters. The fourth-order valence-corrected chi connectivity index (χ4v) is 2.97. The Morgan fingerprint density at radius 1 is 1.04 bits per heavy atom. The number of hydrogen-bond acceptors (Lipinski definition) is 3. The first-order valence-corrected chi connectivity index (χ1v) is 7.65. The molecule has 0 aromatic heterocycles. The first-order valence-electron chi connectivity index (χ1n) is 7.65. The van der Waals surface area contributed by atoms with Crippen molar-refractivity contribution in [1.82, 2.24) is 4.90 Å². The van der Waals surface area contributed by atoms with Crippen molar-refractivity contribution in [3.8, 4) is 5.75 Å². The van der Waals surface area contributed by atoms with E-state index < -0.39 is 0 Å². The molecule has 0 bridgehead atoms. The highest BCUT2D eigenvalue weighted by Crippen LogP contribution is 2.28. The number of carbonyl (C=O) groups excluding carboxylic acids is 2. The summed E-state index contributed by atoms with van der Waals surface area (Å²) in [4.78, 5) is 25.8. The van der Waals surface area contributed by atoms with Gasteiger partial charge < -0.3 is 9.64 Å².